The van der Waals surface area contributed by atoms with Gasteiger partial charge in [0.15, 0.2) is 0 Å². The van der Waals surface area contributed by atoms with Crippen LogP contribution in [0.4, 0.5) is 0 Å². The van der Waals surface area contributed by atoms with Crippen molar-refractivity contribution in [1.29, 1.82) is 0 Å². The number of ketones is 1. The first-order valence-electron chi connectivity index (χ1n) is 9.58. The zero-order chi connectivity index (χ0) is 22.7. The van der Waals surface area contributed by atoms with Crippen LogP contribution in [0.2, 0.25) is 0 Å². The second-order valence-electron chi connectivity index (χ2n) is 6.98. The molecule has 11 heteroatoms. The number of hydrogen-bond donors (Lipinski definition) is 2. The van der Waals surface area contributed by atoms with Crippen molar-refractivity contribution in [2.24, 2.45) is 0 Å². The molecule has 0 radical (unpaired) electrons. The number of nitrogens with zero attached hydrogens (tertiary/aromatic N) is 4. The Hall–Kier alpha value is -3.99. The maximum absolute atomic E-state index is 12.8. The van der Waals surface area contributed by atoms with Crippen LogP contribution in [0, 0.1) is 6.92 Å². The molecular formula is C21H19N6O4S+. The Morgan fingerprint density at radius 3 is 2.56 bits per heavy atom. The first-order chi connectivity index (χ1) is 15.4. The fourth-order valence-electron chi connectivity index (χ4n) is 3.00. The highest BCUT2D eigenvalue weighted by Gasteiger charge is 2.30. The second kappa shape index (κ2) is 9.02. The van der Waals surface area contributed by atoms with Gasteiger partial charge in [0.1, 0.15) is 5.69 Å². The van der Waals surface area contributed by atoms with Crippen LogP contribution in [-0.2, 0) is 6.42 Å². The van der Waals surface area contributed by atoms with E-state index in [9.17, 15) is 14.4 Å². The van der Waals surface area contributed by atoms with Crippen LogP contribution in [0.1, 0.15) is 27.3 Å². The second-order valence-corrected chi connectivity index (χ2v) is 7.92. The number of aryl methyl sites for hydroxylation is 1. The molecule has 3 N–H and O–H groups in total. The Balaban J connectivity index is 1.52. The minimum atomic E-state index is -0.800. The molecule has 0 bridgehead atoms. The van der Waals surface area contributed by atoms with Gasteiger partial charge >= 0.3 is 11.3 Å². The summed E-state index contributed by atoms with van der Waals surface area (Å²) < 4.78 is 6.94. The van der Waals surface area contributed by atoms with Crippen LogP contribution in [0.3, 0.4) is 0 Å². The maximum Gasteiger partial charge on any atom is 0.438 e. The van der Waals surface area contributed by atoms with Crippen molar-refractivity contribution in [3.05, 3.63) is 97.9 Å². The van der Waals surface area contributed by atoms with Gasteiger partial charge in [-0.2, -0.15) is 4.68 Å². The first kappa shape index (κ1) is 21.2. The maximum atomic E-state index is 12.8. The normalized spacial score (nSPS) is 10.9. The highest BCUT2D eigenvalue weighted by atomic mass is 32.2. The van der Waals surface area contributed by atoms with Gasteiger partial charge in [0.2, 0.25) is 16.6 Å². The quantitative estimate of drug-likeness (QED) is 0.182. The van der Waals surface area contributed by atoms with E-state index in [2.05, 4.69) is 15.5 Å². The largest absolute Gasteiger partial charge is 0.438 e. The van der Waals surface area contributed by atoms with Gasteiger partial charge in [-0.05, 0) is 22.4 Å². The van der Waals surface area contributed by atoms with E-state index < -0.39 is 17.0 Å². The smallest absolute Gasteiger partial charge is 0.334 e. The van der Waals surface area contributed by atoms with Gasteiger partial charge in [0.25, 0.3) is 5.56 Å². The predicted octanol–water partition coefficient (Wildman–Crippen LogP) is 0.784. The fourth-order valence-corrected chi connectivity index (χ4v) is 3.72. The topological polar surface area (TPSA) is 141 Å². The van der Waals surface area contributed by atoms with E-state index in [0.717, 1.165) is 27.6 Å². The highest BCUT2D eigenvalue weighted by Crippen LogP contribution is 2.13. The molecule has 0 aliphatic heterocycles. The third-order valence-corrected chi connectivity index (χ3v) is 5.62. The van der Waals surface area contributed by atoms with E-state index in [0.29, 0.717) is 5.69 Å². The molecule has 4 aromatic rings. The Kier molecular flexibility index (Phi) is 5.99. The third-order valence-electron chi connectivity index (χ3n) is 4.68. The van der Waals surface area contributed by atoms with Crippen LogP contribution in [0.15, 0.2) is 73.9 Å². The molecule has 0 amide bonds. The average molecular weight is 451 g/mol. The van der Waals surface area contributed by atoms with Crippen molar-refractivity contribution < 1.29 is 14.0 Å². The molecule has 162 valence electrons. The molecule has 2 aromatic carbocycles. The molecule has 0 aliphatic carbocycles. The summed E-state index contributed by atoms with van der Waals surface area (Å²) in [4.78, 5) is 37.4. The molecule has 10 nitrogen and oxygen atoms in total. The molecule has 32 heavy (non-hydrogen) atoms. The highest BCUT2D eigenvalue weighted by molar-refractivity contribution is 7.99. The molecular weight excluding hydrogens is 432 g/mol. The van der Waals surface area contributed by atoms with Crippen molar-refractivity contribution in [2.45, 2.75) is 18.5 Å². The van der Waals surface area contributed by atoms with Gasteiger partial charge in [-0.15, -0.1) is 10.2 Å². The lowest BCUT2D eigenvalue weighted by molar-refractivity contribution is -0.672. The van der Waals surface area contributed by atoms with Crippen molar-refractivity contribution in [2.75, 3.05) is 11.6 Å². The van der Waals surface area contributed by atoms with Gasteiger partial charge in [-0.3, -0.25) is 14.1 Å². The molecule has 0 spiro atoms. The van der Waals surface area contributed by atoms with E-state index in [1.165, 1.54) is 4.68 Å². The van der Waals surface area contributed by atoms with Crippen molar-refractivity contribution >= 4 is 17.5 Å². The summed E-state index contributed by atoms with van der Waals surface area (Å²) in [6, 6.07) is 16.5. The molecule has 0 aliphatic rings. The number of nitrogens with two attached hydrogens (primary N) is 1. The van der Waals surface area contributed by atoms with Gasteiger partial charge < -0.3 is 5.84 Å². The lowest BCUT2D eigenvalue weighted by Crippen LogP contribution is -2.41. The number of carbonyl (C=O) groups is 1. The van der Waals surface area contributed by atoms with Crippen LogP contribution in [0.5, 0.6) is 0 Å². The monoisotopic (exact) mass is 451 g/mol. The Morgan fingerprint density at radius 1 is 1.12 bits per heavy atom. The minimum Gasteiger partial charge on any atom is -0.334 e. The number of nitrogen functional groups attached to an aromatic ring is 1. The molecule has 4 rings (SSSR count). The number of carbonyl (C=O) groups excluding carboxylic acids is 1. The summed E-state index contributed by atoms with van der Waals surface area (Å²) in [5.74, 6) is 5.17. The van der Waals surface area contributed by atoms with E-state index in [1.54, 1.807) is 12.1 Å². The molecule has 2 heterocycles. The lowest BCUT2D eigenvalue weighted by atomic mass is 10.1. The number of H-pyrrole nitrogens is 1. The zero-order valence-electron chi connectivity index (χ0n) is 17.0. The fraction of sp³-hybridized carbons (Fsp3) is 0.143. The standard InChI is InChI=1S/C21H18N6O4S/c1-13-7-9-15(10-8-13)27-18(20(30)31-25-27)17(28)12-32-21-24-23-16(19(29)26(21)22)11-14-5-3-2-4-6-14/h2-10H,11-12,22H2,1H3/p+1. The van der Waals surface area contributed by atoms with Crippen LogP contribution in [-0.4, -0.2) is 31.7 Å². The summed E-state index contributed by atoms with van der Waals surface area (Å²) in [6.45, 7) is 1.92. The molecule has 0 saturated heterocycles. The van der Waals surface area contributed by atoms with Gasteiger partial charge in [-0.1, -0.05) is 59.8 Å². The zero-order valence-corrected chi connectivity index (χ0v) is 17.8. The van der Waals surface area contributed by atoms with Gasteiger partial charge in [0.05, 0.1) is 5.75 Å². The van der Waals surface area contributed by atoms with Crippen molar-refractivity contribution in [1.82, 2.24) is 20.1 Å². The lowest BCUT2D eigenvalue weighted by Gasteiger charge is -2.06. The molecule has 0 fully saturated rings. The number of aromatic amines is 1. The Bertz CT molecular complexity index is 1380. The number of Topliss-reactive ketones (excluding diaryl/α,β-unsaturated/α-hetero) is 1. The Labute approximate surface area is 185 Å². The van der Waals surface area contributed by atoms with E-state index >= 15 is 0 Å². The number of thioether (sulfide) groups is 1. The van der Waals surface area contributed by atoms with E-state index in [-0.39, 0.29) is 28.7 Å². The third kappa shape index (κ3) is 4.37. The van der Waals surface area contributed by atoms with E-state index in [1.807, 2.05) is 49.4 Å². The summed E-state index contributed by atoms with van der Waals surface area (Å²) >= 11 is 0.905. The van der Waals surface area contributed by atoms with E-state index in [4.69, 9.17) is 10.4 Å². The van der Waals surface area contributed by atoms with Crippen LogP contribution < -0.4 is 21.7 Å². The van der Waals surface area contributed by atoms with Crippen molar-refractivity contribution in [3.63, 3.8) is 0 Å². The average Bonchev–Trinajstić information content (AvgIpc) is 3.19. The van der Waals surface area contributed by atoms with Crippen LogP contribution >= 0.6 is 11.8 Å². The number of hydrogen-bond acceptors (Lipinski definition) is 8. The number of nitrogens with one attached hydrogen (secondary N) is 1. The Morgan fingerprint density at radius 2 is 1.84 bits per heavy atom. The first-order valence-corrected chi connectivity index (χ1v) is 10.6. The summed E-state index contributed by atoms with van der Waals surface area (Å²) in [6.07, 6.45) is 0.286. The summed E-state index contributed by atoms with van der Waals surface area (Å²) in [5, 5.41) is 10.5. The summed E-state index contributed by atoms with van der Waals surface area (Å²) in [7, 11) is 0. The predicted molar refractivity (Wildman–Crippen MR) is 116 cm³/mol. The van der Waals surface area contributed by atoms with Crippen LogP contribution in [0.25, 0.3) is 5.69 Å². The minimum absolute atomic E-state index is 0.0574. The van der Waals surface area contributed by atoms with Crippen molar-refractivity contribution in [3.8, 4) is 5.69 Å². The number of aromatic nitrogens is 5. The molecule has 0 atom stereocenters. The number of benzene rings is 2. The van der Waals surface area contributed by atoms with Gasteiger partial charge in [0, 0.05) is 18.6 Å². The molecule has 0 unspecified atom stereocenters. The SMILES string of the molecule is Cc1ccc(-[n+]2[nH]oc(=O)c2C(=O)CSc2nnc(Cc3ccccc3)c(=O)n2N)cc1. The summed E-state index contributed by atoms with van der Waals surface area (Å²) in [5.41, 5.74) is 1.20. The molecule has 0 saturated carbocycles. The number of rotatable bonds is 7. The van der Waals surface area contributed by atoms with Gasteiger partial charge in [-0.25, -0.2) is 4.79 Å². The molecule has 2 aromatic heterocycles.